The third kappa shape index (κ3) is 3.23. The fourth-order valence-corrected chi connectivity index (χ4v) is 3.35. The molecule has 0 unspecified atom stereocenters. The summed E-state index contributed by atoms with van der Waals surface area (Å²) < 4.78 is 10.4. The number of aldehydes is 1. The number of methoxy groups -OCH3 is 2. The van der Waals surface area contributed by atoms with E-state index in [0.717, 1.165) is 13.0 Å². The highest BCUT2D eigenvalue weighted by atomic mass is 16.6. The molecule has 144 valence electrons. The minimum absolute atomic E-state index is 0.106. The smallest absolute Gasteiger partial charge is 0.298 e. The molecule has 1 aliphatic rings. The number of hydrogen-bond acceptors (Lipinski definition) is 9. The first-order valence-electron chi connectivity index (χ1n) is 8.55. The van der Waals surface area contributed by atoms with E-state index in [1.807, 2.05) is 4.90 Å². The molecule has 1 fully saturated rings. The van der Waals surface area contributed by atoms with Crippen molar-refractivity contribution in [2.45, 2.75) is 13.3 Å². The van der Waals surface area contributed by atoms with Crippen LogP contribution < -0.4 is 19.7 Å². The van der Waals surface area contributed by atoms with Gasteiger partial charge < -0.3 is 19.7 Å². The monoisotopic (exact) mass is 375 g/mol. The molecule has 1 aromatic carbocycles. The Morgan fingerprint density at radius 1 is 1.15 bits per heavy atom. The predicted molar refractivity (Wildman–Crippen MR) is 99.1 cm³/mol. The van der Waals surface area contributed by atoms with Crippen LogP contribution in [0.2, 0.25) is 0 Å². The molecular formula is C17H21N5O5. The first kappa shape index (κ1) is 18.8. The molecule has 0 atom stereocenters. The van der Waals surface area contributed by atoms with E-state index in [2.05, 4.69) is 15.3 Å². The Morgan fingerprint density at radius 2 is 1.81 bits per heavy atom. The first-order valence-corrected chi connectivity index (χ1v) is 8.55. The highest BCUT2D eigenvalue weighted by Gasteiger charge is 2.31. The summed E-state index contributed by atoms with van der Waals surface area (Å²) in [6.45, 7) is 4.27. The van der Waals surface area contributed by atoms with E-state index in [4.69, 9.17) is 9.47 Å². The molecular weight excluding hydrogens is 354 g/mol. The Balaban J connectivity index is 2.43. The van der Waals surface area contributed by atoms with Gasteiger partial charge in [-0.1, -0.05) is 0 Å². The van der Waals surface area contributed by atoms with Crippen LogP contribution in [0.25, 0.3) is 11.0 Å². The second-order valence-corrected chi connectivity index (χ2v) is 6.14. The fraction of sp³-hybridized carbons (Fsp3) is 0.471. The highest BCUT2D eigenvalue weighted by Crippen LogP contribution is 2.42. The van der Waals surface area contributed by atoms with Crippen molar-refractivity contribution in [3.8, 4) is 11.8 Å². The summed E-state index contributed by atoms with van der Waals surface area (Å²) in [5.41, 5.74) is 1.13. The lowest BCUT2D eigenvalue weighted by Crippen LogP contribution is -2.29. The van der Waals surface area contributed by atoms with Crippen LogP contribution >= 0.6 is 0 Å². The van der Waals surface area contributed by atoms with Gasteiger partial charge in [0, 0.05) is 25.2 Å². The summed E-state index contributed by atoms with van der Waals surface area (Å²) in [7, 11) is 2.83. The van der Waals surface area contributed by atoms with Gasteiger partial charge in [0.05, 0.1) is 24.7 Å². The van der Waals surface area contributed by atoms with Crippen LogP contribution in [0.3, 0.4) is 0 Å². The molecule has 1 aliphatic heterocycles. The van der Waals surface area contributed by atoms with E-state index in [1.165, 1.54) is 14.2 Å². The summed E-state index contributed by atoms with van der Waals surface area (Å²) >= 11 is 0. The van der Waals surface area contributed by atoms with Crippen molar-refractivity contribution >= 4 is 28.7 Å². The number of anilines is 1. The van der Waals surface area contributed by atoms with Crippen molar-refractivity contribution in [2.24, 2.45) is 0 Å². The average Bonchev–Trinajstić information content (AvgIpc) is 2.95. The quantitative estimate of drug-likeness (QED) is 0.470. The predicted octanol–water partition coefficient (Wildman–Crippen LogP) is 1.48. The molecule has 0 amide bonds. The van der Waals surface area contributed by atoms with Crippen LogP contribution in [-0.4, -0.2) is 61.6 Å². The molecule has 0 radical (unpaired) electrons. The minimum atomic E-state index is -0.464. The van der Waals surface area contributed by atoms with E-state index in [-0.39, 0.29) is 39.6 Å². The van der Waals surface area contributed by atoms with Crippen LogP contribution in [0.4, 0.5) is 11.4 Å². The molecule has 27 heavy (non-hydrogen) atoms. The average molecular weight is 375 g/mol. The molecule has 1 saturated heterocycles. The lowest BCUT2D eigenvalue weighted by atomic mass is 10.0. The molecule has 0 bridgehead atoms. The highest BCUT2D eigenvalue weighted by molar-refractivity contribution is 6.06. The fourth-order valence-electron chi connectivity index (χ4n) is 3.35. The molecule has 10 heteroatoms. The molecule has 2 heterocycles. The van der Waals surface area contributed by atoms with E-state index in [0.29, 0.717) is 31.6 Å². The number of aromatic nitrogens is 2. The zero-order valence-corrected chi connectivity index (χ0v) is 15.4. The number of hydrogen-bond donors (Lipinski definition) is 1. The van der Waals surface area contributed by atoms with Crippen LogP contribution in [-0.2, 0) is 0 Å². The van der Waals surface area contributed by atoms with Gasteiger partial charge in [-0.05, 0) is 19.9 Å². The van der Waals surface area contributed by atoms with Crippen molar-refractivity contribution in [1.82, 2.24) is 15.3 Å². The summed E-state index contributed by atoms with van der Waals surface area (Å²) in [5, 5.41) is 15.2. The van der Waals surface area contributed by atoms with Crippen LogP contribution in [0.15, 0.2) is 0 Å². The van der Waals surface area contributed by atoms with Gasteiger partial charge >= 0.3 is 0 Å². The van der Waals surface area contributed by atoms with Gasteiger partial charge in [-0.25, -0.2) is 9.97 Å². The number of nitrogens with zero attached hydrogens (tertiary/aromatic N) is 4. The number of nitro benzene ring substituents is 1. The number of ether oxygens (including phenoxy) is 2. The van der Waals surface area contributed by atoms with Gasteiger partial charge in [0.15, 0.2) is 6.29 Å². The summed E-state index contributed by atoms with van der Waals surface area (Å²) in [4.78, 5) is 33.9. The van der Waals surface area contributed by atoms with Crippen molar-refractivity contribution < 1.29 is 19.2 Å². The van der Waals surface area contributed by atoms with Crippen molar-refractivity contribution in [3.05, 3.63) is 21.2 Å². The summed E-state index contributed by atoms with van der Waals surface area (Å²) in [6, 6.07) is 0. The molecule has 2 aromatic rings. The normalized spacial score (nSPS) is 14.7. The zero-order valence-electron chi connectivity index (χ0n) is 15.4. The Hall–Kier alpha value is -3.01. The maximum atomic E-state index is 11.9. The third-order valence-electron chi connectivity index (χ3n) is 4.64. The van der Waals surface area contributed by atoms with Gasteiger partial charge in [-0.15, -0.1) is 0 Å². The van der Waals surface area contributed by atoms with E-state index < -0.39 is 4.92 Å². The summed E-state index contributed by atoms with van der Waals surface area (Å²) in [6.07, 6.45) is 1.40. The van der Waals surface area contributed by atoms with Crippen LogP contribution in [0, 0.1) is 17.0 Å². The zero-order chi connectivity index (χ0) is 19.6. The first-order chi connectivity index (χ1) is 13.0. The van der Waals surface area contributed by atoms with Gasteiger partial charge in [0.25, 0.3) is 17.4 Å². The van der Waals surface area contributed by atoms with Crippen LogP contribution in [0.5, 0.6) is 11.8 Å². The number of nitro groups is 1. The SMILES string of the molecule is COc1nc2c(C=O)c(C)c([N+](=O)[O-])c(N3CCCNCC3)c2nc1OC. The number of fused-ring (bicyclic) bond motifs is 1. The van der Waals surface area contributed by atoms with E-state index in [1.54, 1.807) is 6.92 Å². The topological polar surface area (TPSA) is 120 Å². The Labute approximate surface area is 155 Å². The molecule has 0 aliphatic carbocycles. The van der Waals surface area contributed by atoms with E-state index in [9.17, 15) is 14.9 Å². The van der Waals surface area contributed by atoms with Gasteiger partial charge in [0.2, 0.25) is 0 Å². The lowest BCUT2D eigenvalue weighted by molar-refractivity contribution is -0.384. The summed E-state index contributed by atoms with van der Waals surface area (Å²) in [5.74, 6) is 0.221. The molecule has 1 N–H and O–H groups in total. The van der Waals surface area contributed by atoms with Gasteiger partial charge in [0.1, 0.15) is 16.7 Å². The second-order valence-electron chi connectivity index (χ2n) is 6.14. The third-order valence-corrected chi connectivity index (χ3v) is 4.64. The van der Waals surface area contributed by atoms with Gasteiger partial charge in [-0.2, -0.15) is 0 Å². The number of carbonyl (C=O) groups is 1. The van der Waals surface area contributed by atoms with Crippen LogP contribution in [0.1, 0.15) is 22.3 Å². The molecule has 10 nitrogen and oxygen atoms in total. The maximum Gasteiger partial charge on any atom is 0.298 e. The Kier molecular flexibility index (Phi) is 5.36. The Morgan fingerprint density at radius 3 is 2.41 bits per heavy atom. The number of benzene rings is 1. The minimum Gasteiger partial charge on any atom is -0.477 e. The second kappa shape index (κ2) is 7.70. The molecule has 0 spiro atoms. The number of nitrogens with one attached hydrogen (secondary N) is 1. The number of rotatable bonds is 5. The lowest BCUT2D eigenvalue weighted by Gasteiger charge is -2.24. The van der Waals surface area contributed by atoms with Crippen molar-refractivity contribution in [1.29, 1.82) is 0 Å². The molecule has 3 rings (SSSR count). The maximum absolute atomic E-state index is 11.9. The van der Waals surface area contributed by atoms with Gasteiger partial charge in [-0.3, -0.25) is 14.9 Å². The van der Waals surface area contributed by atoms with Crippen molar-refractivity contribution in [2.75, 3.05) is 45.3 Å². The molecule has 1 aromatic heterocycles. The largest absolute Gasteiger partial charge is 0.477 e. The van der Waals surface area contributed by atoms with E-state index >= 15 is 0 Å². The standard InChI is InChI=1S/C17H21N5O5/c1-10-11(9-23)12-13(20-17(27-3)16(19-12)26-2)15(14(10)22(24)25)21-7-4-5-18-6-8-21/h9,18H,4-8H2,1-3H3. The number of carbonyl (C=O) groups excluding carboxylic acids is 1. The molecule has 0 saturated carbocycles. The van der Waals surface area contributed by atoms with Crippen molar-refractivity contribution in [3.63, 3.8) is 0 Å². The Bertz CT molecular complexity index is 893.